The molecule has 0 amide bonds. The summed E-state index contributed by atoms with van der Waals surface area (Å²) >= 11 is 0. The lowest BCUT2D eigenvalue weighted by atomic mass is 9.75. The second-order valence-corrected chi connectivity index (χ2v) is 5.29. The summed E-state index contributed by atoms with van der Waals surface area (Å²) in [5.41, 5.74) is 0.348. The second kappa shape index (κ2) is 5.48. The molecule has 1 N–H and O–H groups in total. The molecule has 1 aromatic heterocycles. The van der Waals surface area contributed by atoms with Gasteiger partial charge in [-0.2, -0.15) is 0 Å². The molecule has 0 aliphatic rings. The smallest absolute Gasteiger partial charge is 0.108 e. The van der Waals surface area contributed by atoms with Crippen LogP contribution in [0.4, 0.5) is 0 Å². The van der Waals surface area contributed by atoms with E-state index in [1.54, 1.807) is 0 Å². The van der Waals surface area contributed by atoms with Gasteiger partial charge in [-0.25, -0.2) is 4.98 Å². The third-order valence-corrected chi connectivity index (χ3v) is 3.82. The van der Waals surface area contributed by atoms with Gasteiger partial charge in [0.05, 0.1) is 0 Å². The van der Waals surface area contributed by atoms with E-state index in [0.29, 0.717) is 11.3 Å². The van der Waals surface area contributed by atoms with Crippen molar-refractivity contribution in [1.82, 2.24) is 14.9 Å². The molecule has 0 saturated heterocycles. The Labute approximate surface area is 99.3 Å². The predicted molar refractivity (Wildman–Crippen MR) is 68.4 cm³/mol. The topological polar surface area (TPSA) is 29.9 Å². The lowest BCUT2D eigenvalue weighted by Crippen LogP contribution is -2.35. The van der Waals surface area contributed by atoms with Gasteiger partial charge in [-0.1, -0.05) is 20.8 Å². The van der Waals surface area contributed by atoms with Crippen LogP contribution in [0.15, 0.2) is 12.4 Å². The van der Waals surface area contributed by atoms with Crippen LogP contribution in [0.5, 0.6) is 0 Å². The molecule has 0 fully saturated rings. The Morgan fingerprint density at radius 2 is 2.19 bits per heavy atom. The van der Waals surface area contributed by atoms with E-state index in [0.717, 1.165) is 13.0 Å². The molecule has 3 nitrogen and oxygen atoms in total. The molecule has 0 aliphatic carbocycles. The Kier molecular flexibility index (Phi) is 4.54. The van der Waals surface area contributed by atoms with Gasteiger partial charge in [0.25, 0.3) is 0 Å². The normalized spacial score (nSPS) is 15.4. The summed E-state index contributed by atoms with van der Waals surface area (Å²) in [5, 5.41) is 3.31. The van der Waals surface area contributed by atoms with Crippen molar-refractivity contribution in [1.29, 1.82) is 0 Å². The molecule has 1 rings (SSSR count). The van der Waals surface area contributed by atoms with Crippen molar-refractivity contribution < 1.29 is 0 Å². The minimum atomic E-state index is 0.348. The van der Waals surface area contributed by atoms with Crippen LogP contribution in [-0.2, 0) is 13.5 Å². The summed E-state index contributed by atoms with van der Waals surface area (Å²) in [5.74, 6) is 1.86. The monoisotopic (exact) mass is 223 g/mol. The molecule has 16 heavy (non-hydrogen) atoms. The molecule has 0 radical (unpaired) electrons. The van der Waals surface area contributed by atoms with Crippen LogP contribution in [0.2, 0.25) is 0 Å². The van der Waals surface area contributed by atoms with Crippen LogP contribution >= 0.6 is 0 Å². The zero-order valence-electron chi connectivity index (χ0n) is 11.2. The zero-order chi connectivity index (χ0) is 12.2. The number of hydrogen-bond acceptors (Lipinski definition) is 2. The Morgan fingerprint density at radius 1 is 1.50 bits per heavy atom. The predicted octanol–water partition coefficient (Wildman–Crippen LogP) is 2.23. The van der Waals surface area contributed by atoms with Crippen LogP contribution in [0.25, 0.3) is 0 Å². The van der Waals surface area contributed by atoms with Crippen molar-refractivity contribution in [3.05, 3.63) is 18.2 Å². The van der Waals surface area contributed by atoms with E-state index in [1.165, 1.54) is 12.2 Å². The van der Waals surface area contributed by atoms with Crippen LogP contribution in [-0.4, -0.2) is 23.1 Å². The molecule has 0 saturated carbocycles. The lowest BCUT2D eigenvalue weighted by molar-refractivity contribution is 0.194. The number of aryl methyl sites for hydroxylation is 2. The van der Waals surface area contributed by atoms with E-state index in [4.69, 9.17) is 0 Å². The van der Waals surface area contributed by atoms with E-state index >= 15 is 0 Å². The standard InChI is InChI=1S/C13H25N3/c1-11(2)13(3,10-14-4)7-6-12-15-8-9-16(12)5/h8-9,11,14H,6-7,10H2,1-5H3. The molecular formula is C13H25N3. The van der Waals surface area contributed by atoms with Gasteiger partial charge in [0.1, 0.15) is 5.82 Å². The Morgan fingerprint density at radius 3 is 2.62 bits per heavy atom. The van der Waals surface area contributed by atoms with E-state index < -0.39 is 0 Å². The largest absolute Gasteiger partial charge is 0.338 e. The molecule has 0 aliphatic heterocycles. The third kappa shape index (κ3) is 3.08. The van der Waals surface area contributed by atoms with Crippen molar-refractivity contribution in [3.8, 4) is 0 Å². The maximum atomic E-state index is 4.38. The second-order valence-electron chi connectivity index (χ2n) is 5.29. The van der Waals surface area contributed by atoms with Gasteiger partial charge in [-0.3, -0.25) is 0 Å². The zero-order valence-corrected chi connectivity index (χ0v) is 11.2. The van der Waals surface area contributed by atoms with Crippen molar-refractivity contribution in [2.24, 2.45) is 18.4 Å². The Balaban J connectivity index is 2.60. The molecule has 0 aromatic carbocycles. The Hall–Kier alpha value is -0.830. The van der Waals surface area contributed by atoms with E-state index in [1.807, 2.05) is 19.4 Å². The highest BCUT2D eigenvalue weighted by Gasteiger charge is 2.27. The van der Waals surface area contributed by atoms with Crippen molar-refractivity contribution in [2.45, 2.75) is 33.6 Å². The summed E-state index contributed by atoms with van der Waals surface area (Å²) < 4.78 is 2.11. The average molecular weight is 223 g/mol. The average Bonchev–Trinajstić information content (AvgIpc) is 2.61. The number of hydrogen-bond donors (Lipinski definition) is 1. The quantitative estimate of drug-likeness (QED) is 0.801. The highest BCUT2D eigenvalue weighted by atomic mass is 15.0. The minimum absolute atomic E-state index is 0.348. The minimum Gasteiger partial charge on any atom is -0.338 e. The molecule has 92 valence electrons. The van der Waals surface area contributed by atoms with Crippen LogP contribution in [0.1, 0.15) is 33.0 Å². The van der Waals surface area contributed by atoms with Crippen LogP contribution in [0, 0.1) is 11.3 Å². The number of aromatic nitrogens is 2. The summed E-state index contributed by atoms with van der Waals surface area (Å²) in [7, 11) is 4.09. The first-order chi connectivity index (χ1) is 7.49. The van der Waals surface area contributed by atoms with Gasteiger partial charge in [-0.15, -0.1) is 0 Å². The number of nitrogens with zero attached hydrogens (tertiary/aromatic N) is 2. The Bertz CT molecular complexity index is 317. The number of nitrogens with one attached hydrogen (secondary N) is 1. The van der Waals surface area contributed by atoms with Gasteiger partial charge in [0.15, 0.2) is 0 Å². The summed E-state index contributed by atoms with van der Waals surface area (Å²) in [6.07, 6.45) is 6.12. The van der Waals surface area contributed by atoms with Crippen molar-refractivity contribution in [2.75, 3.05) is 13.6 Å². The summed E-state index contributed by atoms with van der Waals surface area (Å²) in [6.45, 7) is 8.03. The number of rotatable bonds is 6. The van der Waals surface area contributed by atoms with E-state index in [9.17, 15) is 0 Å². The van der Waals surface area contributed by atoms with Gasteiger partial charge >= 0.3 is 0 Å². The van der Waals surface area contributed by atoms with E-state index in [2.05, 4.69) is 42.7 Å². The van der Waals surface area contributed by atoms with Crippen molar-refractivity contribution >= 4 is 0 Å². The van der Waals surface area contributed by atoms with Crippen molar-refractivity contribution in [3.63, 3.8) is 0 Å². The highest BCUT2D eigenvalue weighted by molar-refractivity contribution is 4.93. The lowest BCUT2D eigenvalue weighted by Gasteiger charge is -2.33. The van der Waals surface area contributed by atoms with Gasteiger partial charge < -0.3 is 9.88 Å². The molecular weight excluding hydrogens is 198 g/mol. The van der Waals surface area contributed by atoms with Crippen LogP contribution in [0.3, 0.4) is 0 Å². The van der Waals surface area contributed by atoms with Gasteiger partial charge in [0.2, 0.25) is 0 Å². The fourth-order valence-corrected chi connectivity index (χ4v) is 2.02. The third-order valence-electron chi connectivity index (χ3n) is 3.82. The van der Waals surface area contributed by atoms with Crippen LogP contribution < -0.4 is 5.32 Å². The first-order valence-electron chi connectivity index (χ1n) is 6.10. The fourth-order valence-electron chi connectivity index (χ4n) is 2.02. The molecule has 3 heteroatoms. The molecule has 0 spiro atoms. The first-order valence-corrected chi connectivity index (χ1v) is 6.10. The highest BCUT2D eigenvalue weighted by Crippen LogP contribution is 2.31. The number of imidazole rings is 1. The molecule has 1 atom stereocenters. The summed E-state index contributed by atoms with van der Waals surface area (Å²) in [6, 6.07) is 0. The van der Waals surface area contributed by atoms with Gasteiger partial charge in [0, 0.05) is 32.4 Å². The molecule has 1 unspecified atom stereocenters. The maximum Gasteiger partial charge on any atom is 0.108 e. The SMILES string of the molecule is CNCC(C)(CCc1nccn1C)C(C)C. The van der Waals surface area contributed by atoms with E-state index in [-0.39, 0.29) is 0 Å². The summed E-state index contributed by atoms with van der Waals surface area (Å²) in [4.78, 5) is 4.38. The molecule has 0 bridgehead atoms. The first kappa shape index (κ1) is 13.2. The molecule has 1 aromatic rings. The maximum absolute atomic E-state index is 4.38. The fraction of sp³-hybridized carbons (Fsp3) is 0.769. The molecule has 1 heterocycles. The van der Waals surface area contributed by atoms with Gasteiger partial charge in [-0.05, 0) is 24.8 Å².